The summed E-state index contributed by atoms with van der Waals surface area (Å²) in [5.41, 5.74) is 0. The van der Waals surface area contributed by atoms with Gasteiger partial charge < -0.3 is 49.6 Å². The van der Waals surface area contributed by atoms with Gasteiger partial charge in [-0.15, -0.1) is 0 Å². The van der Waals surface area contributed by atoms with Crippen LogP contribution in [0.25, 0.3) is 0 Å². The number of halogens is 4. The summed E-state index contributed by atoms with van der Waals surface area (Å²) in [6.07, 6.45) is 0. The first-order chi connectivity index (χ1) is 0. The van der Waals surface area contributed by atoms with Gasteiger partial charge in [-0.25, -0.2) is 0 Å². The summed E-state index contributed by atoms with van der Waals surface area (Å²) < 4.78 is 0. The van der Waals surface area contributed by atoms with Gasteiger partial charge in [0.1, 0.15) is 0 Å². The zero-order valence-corrected chi connectivity index (χ0v) is 9.74. The van der Waals surface area contributed by atoms with Gasteiger partial charge in [-0.2, -0.15) is 0 Å². The van der Waals surface area contributed by atoms with E-state index in [1.165, 1.54) is 0 Å². The molecule has 0 saturated carbocycles. The molecule has 0 bridgehead atoms. The second-order valence-electron chi connectivity index (χ2n) is 0. The Morgan fingerprint density at radius 1 is 0.500 bits per heavy atom. The number of hydrogen-bond donors (Lipinski definition) is 0. The molecule has 32 valence electrons. The van der Waals surface area contributed by atoms with Crippen molar-refractivity contribution in [1.82, 2.24) is 0 Å². The van der Waals surface area contributed by atoms with Gasteiger partial charge in [0.25, 0.3) is 0 Å². The van der Waals surface area contributed by atoms with Crippen LogP contribution in [0.15, 0.2) is 0 Å². The van der Waals surface area contributed by atoms with E-state index in [-0.39, 0.29) is 104 Å². The largest absolute Gasteiger partial charge is 3.00 e. The Kier molecular flexibility index (Phi) is 477. The summed E-state index contributed by atoms with van der Waals surface area (Å²) >= 11 is 0. The fraction of sp³-hybridized carbons (Fsp3) is 0. The van der Waals surface area contributed by atoms with Crippen LogP contribution in [0, 0.1) is 35.6 Å². The van der Waals surface area contributed by atoms with Gasteiger partial charge in [-0.1, -0.05) is 0 Å². The van der Waals surface area contributed by atoms with Crippen LogP contribution >= 0.6 is 0 Å². The van der Waals surface area contributed by atoms with Crippen LogP contribution in [-0.2, 0) is 0 Å². The van der Waals surface area contributed by atoms with Crippen LogP contribution in [0.2, 0.25) is 0 Å². The summed E-state index contributed by atoms with van der Waals surface area (Å²) in [5, 5.41) is 0. The van der Waals surface area contributed by atoms with Gasteiger partial charge in [0, 0.05) is 0 Å². The van der Waals surface area contributed by atoms with E-state index in [1.54, 1.807) is 0 Å². The van der Waals surface area contributed by atoms with Gasteiger partial charge in [0.05, 0.1) is 0 Å². The van der Waals surface area contributed by atoms with Gasteiger partial charge in [-0.05, 0) is 0 Å². The molecule has 0 fully saturated rings. The fourth-order valence-corrected chi connectivity index (χ4v) is 0. The minimum Gasteiger partial charge on any atom is -1.00 e. The smallest absolute Gasteiger partial charge is 1.00 e. The molecule has 0 rings (SSSR count). The molecule has 0 radical (unpaired) electrons. The second-order valence-corrected chi connectivity index (χ2v) is 0. The van der Waals surface area contributed by atoms with Gasteiger partial charge in [-0.3, -0.25) is 0 Å². The van der Waals surface area contributed by atoms with E-state index in [0.29, 0.717) is 0 Å². The van der Waals surface area contributed by atoms with E-state index < -0.39 is 0 Å². The third-order valence-electron chi connectivity index (χ3n) is 0. The first-order valence-electron chi connectivity index (χ1n) is 0. The minimum atomic E-state index is 0. The van der Waals surface area contributed by atoms with E-state index >= 15 is 0 Å². The molecule has 0 aliphatic rings. The third kappa shape index (κ3) is 28.3. The molecule has 6 heteroatoms. The van der Waals surface area contributed by atoms with Crippen molar-refractivity contribution in [2.24, 2.45) is 0 Å². The SMILES string of the molecule is [Cl-].[Cl-].[Cl-].[Cl-].[La+3].[Li+]. The molecular weight excluding hydrogens is 288 g/mol. The normalized spacial score (nSPS) is 0. The van der Waals surface area contributed by atoms with E-state index in [4.69, 9.17) is 0 Å². The zero-order chi connectivity index (χ0) is 0. The predicted octanol–water partition coefficient (Wildman–Crippen LogP) is -15.0. The van der Waals surface area contributed by atoms with E-state index in [1.807, 2.05) is 0 Å². The maximum atomic E-state index is 0. The monoisotopic (exact) mass is 286 g/mol. The van der Waals surface area contributed by atoms with Crippen LogP contribution in [0.4, 0.5) is 0 Å². The molecule has 6 heavy (non-hydrogen) atoms. The standard InChI is InChI=1S/4ClH.La.Li/h4*1H;;/q;;;;+3;+1/p-4. The summed E-state index contributed by atoms with van der Waals surface area (Å²) in [6, 6.07) is 0. The molecule has 0 spiro atoms. The Hall–Kier alpha value is 2.95. The molecule has 0 aromatic heterocycles. The van der Waals surface area contributed by atoms with Crippen LogP contribution in [0.3, 0.4) is 0 Å². The molecule has 0 aliphatic heterocycles. The molecule has 0 aromatic rings. The molecule has 0 aromatic carbocycles. The van der Waals surface area contributed by atoms with Crippen LogP contribution < -0.4 is 68.5 Å². The Bertz CT molecular complexity index is 7.51. The van der Waals surface area contributed by atoms with Crippen molar-refractivity contribution in [2.75, 3.05) is 0 Å². The Morgan fingerprint density at radius 2 is 0.500 bits per heavy atom. The maximum Gasteiger partial charge on any atom is 3.00 e. The van der Waals surface area contributed by atoms with E-state index in [0.717, 1.165) is 0 Å². The average molecular weight is 288 g/mol. The zero-order valence-electron chi connectivity index (χ0n) is 3.09. The summed E-state index contributed by atoms with van der Waals surface area (Å²) in [4.78, 5) is 0. The molecule has 0 nitrogen and oxygen atoms in total. The number of rotatable bonds is 0. The summed E-state index contributed by atoms with van der Waals surface area (Å²) in [5.74, 6) is 0. The quantitative estimate of drug-likeness (QED) is 0.388. The Balaban J connectivity index is 0. The molecule has 0 saturated heterocycles. The molecule has 0 amide bonds. The maximum absolute atomic E-state index is 0. The summed E-state index contributed by atoms with van der Waals surface area (Å²) in [6.45, 7) is 0. The van der Waals surface area contributed by atoms with Crippen molar-refractivity contribution in [3.05, 3.63) is 0 Å². The third-order valence-corrected chi connectivity index (χ3v) is 0. The van der Waals surface area contributed by atoms with Crippen LogP contribution in [0.1, 0.15) is 0 Å². The minimum absolute atomic E-state index is 0. The van der Waals surface area contributed by atoms with Crippen molar-refractivity contribution in [3.8, 4) is 0 Å². The van der Waals surface area contributed by atoms with Crippen molar-refractivity contribution in [3.63, 3.8) is 0 Å². The van der Waals surface area contributed by atoms with Crippen molar-refractivity contribution >= 4 is 0 Å². The predicted molar refractivity (Wildman–Crippen MR) is 0 cm³/mol. The Labute approximate surface area is 102 Å². The number of hydrogen-bond acceptors (Lipinski definition) is 0. The van der Waals surface area contributed by atoms with Crippen molar-refractivity contribution in [2.45, 2.75) is 0 Å². The average Bonchev–Trinajstić information content (AvgIpc) is 0. The molecule has 0 N–H and O–H groups in total. The molecule has 0 unspecified atom stereocenters. The van der Waals surface area contributed by atoms with Gasteiger partial charge in [0.2, 0.25) is 0 Å². The molecule has 0 atom stereocenters. The van der Waals surface area contributed by atoms with Crippen LogP contribution in [-0.4, -0.2) is 0 Å². The first kappa shape index (κ1) is 65.0. The van der Waals surface area contributed by atoms with Crippen molar-refractivity contribution in [1.29, 1.82) is 0 Å². The van der Waals surface area contributed by atoms with Gasteiger partial charge >= 0.3 is 54.5 Å². The van der Waals surface area contributed by atoms with Crippen LogP contribution in [0.5, 0.6) is 0 Å². The van der Waals surface area contributed by atoms with Crippen molar-refractivity contribution < 1.29 is 104 Å². The fourth-order valence-electron chi connectivity index (χ4n) is 0. The molecule has 0 heterocycles. The summed E-state index contributed by atoms with van der Waals surface area (Å²) in [7, 11) is 0. The van der Waals surface area contributed by atoms with Gasteiger partial charge in [0.15, 0.2) is 0 Å². The van der Waals surface area contributed by atoms with E-state index in [9.17, 15) is 0 Å². The first-order valence-corrected chi connectivity index (χ1v) is 0. The molecular formula is Cl4LaLi. The molecule has 0 aliphatic carbocycles. The topological polar surface area (TPSA) is 0 Å². The second kappa shape index (κ2) is 44.1. The van der Waals surface area contributed by atoms with E-state index in [2.05, 4.69) is 0 Å². The Morgan fingerprint density at radius 3 is 0.500 bits per heavy atom.